The summed E-state index contributed by atoms with van der Waals surface area (Å²) >= 11 is 17.3. The van der Waals surface area contributed by atoms with Crippen LogP contribution in [0.25, 0.3) is 11.3 Å². The Labute approximate surface area is 176 Å². The highest BCUT2D eigenvalue weighted by Crippen LogP contribution is 2.35. The zero-order valence-electron chi connectivity index (χ0n) is 14.7. The summed E-state index contributed by atoms with van der Waals surface area (Å²) in [5.74, 6) is 1.64. The van der Waals surface area contributed by atoms with Gasteiger partial charge < -0.3 is 9.73 Å². The lowest BCUT2D eigenvalue weighted by Crippen LogP contribution is -2.25. The molecule has 10 heteroatoms. The predicted molar refractivity (Wildman–Crippen MR) is 108 cm³/mol. The number of oxazole rings is 1. The molecule has 0 bridgehead atoms. The molecule has 1 fully saturated rings. The first-order chi connectivity index (χ1) is 13.5. The van der Waals surface area contributed by atoms with Crippen molar-refractivity contribution in [3.8, 4) is 11.3 Å². The van der Waals surface area contributed by atoms with Gasteiger partial charge in [0.05, 0.1) is 17.8 Å². The van der Waals surface area contributed by atoms with E-state index < -0.39 is 0 Å². The standard InChI is InChI=1S/C18H17Cl2N5O2S/c19-10-1-4-12(13(20)7-10)14-8-22-17(27-14)6-5-16(26)21-9-15-23-24-18(28)25(15)11-2-3-11/h1,4,7-8,11H,2-3,5-6,9H2,(H,21,26)(H,24,28). The van der Waals surface area contributed by atoms with E-state index in [2.05, 4.69) is 20.5 Å². The van der Waals surface area contributed by atoms with Gasteiger partial charge in [-0.1, -0.05) is 23.2 Å². The quantitative estimate of drug-likeness (QED) is 0.531. The number of benzene rings is 1. The van der Waals surface area contributed by atoms with Gasteiger partial charge in [0.1, 0.15) is 0 Å². The number of aromatic nitrogens is 4. The molecule has 1 aliphatic carbocycles. The highest BCUT2D eigenvalue weighted by molar-refractivity contribution is 7.71. The minimum Gasteiger partial charge on any atom is -0.441 e. The highest BCUT2D eigenvalue weighted by atomic mass is 35.5. The lowest BCUT2D eigenvalue weighted by atomic mass is 10.2. The van der Waals surface area contributed by atoms with Crippen molar-refractivity contribution in [2.75, 3.05) is 0 Å². The van der Waals surface area contributed by atoms with Gasteiger partial charge in [0.15, 0.2) is 22.2 Å². The highest BCUT2D eigenvalue weighted by Gasteiger charge is 2.27. The van der Waals surface area contributed by atoms with E-state index in [9.17, 15) is 4.79 Å². The van der Waals surface area contributed by atoms with Crippen LogP contribution in [-0.4, -0.2) is 25.7 Å². The van der Waals surface area contributed by atoms with Gasteiger partial charge in [0.25, 0.3) is 0 Å². The monoisotopic (exact) mass is 437 g/mol. The van der Waals surface area contributed by atoms with E-state index >= 15 is 0 Å². The first-order valence-corrected chi connectivity index (χ1v) is 10.0. The summed E-state index contributed by atoms with van der Waals surface area (Å²) in [6.45, 7) is 0.333. The van der Waals surface area contributed by atoms with E-state index in [0.29, 0.717) is 51.0 Å². The van der Waals surface area contributed by atoms with Crippen molar-refractivity contribution in [2.45, 2.75) is 38.3 Å². The molecule has 1 aromatic carbocycles. The number of carbonyl (C=O) groups excluding carboxylic acids is 1. The summed E-state index contributed by atoms with van der Waals surface area (Å²) in [7, 11) is 0. The number of aromatic amines is 1. The number of halogens is 2. The van der Waals surface area contributed by atoms with Crippen molar-refractivity contribution in [3.05, 3.63) is 50.9 Å². The van der Waals surface area contributed by atoms with Crippen LogP contribution in [0, 0.1) is 4.77 Å². The van der Waals surface area contributed by atoms with Crippen LogP contribution in [0.1, 0.15) is 37.0 Å². The van der Waals surface area contributed by atoms with Crippen molar-refractivity contribution in [1.82, 2.24) is 25.1 Å². The molecular formula is C18H17Cl2N5O2S. The number of H-pyrrole nitrogens is 1. The van der Waals surface area contributed by atoms with Crippen LogP contribution in [0.5, 0.6) is 0 Å². The summed E-state index contributed by atoms with van der Waals surface area (Å²) < 4.78 is 8.29. The Bertz CT molecular complexity index is 1070. The van der Waals surface area contributed by atoms with Gasteiger partial charge in [0, 0.05) is 29.5 Å². The first-order valence-electron chi connectivity index (χ1n) is 8.84. The average molecular weight is 438 g/mol. The van der Waals surface area contributed by atoms with Gasteiger partial charge in [-0.05, 0) is 43.3 Å². The molecule has 0 atom stereocenters. The smallest absolute Gasteiger partial charge is 0.220 e. The fourth-order valence-corrected chi connectivity index (χ4v) is 3.70. The van der Waals surface area contributed by atoms with Crippen molar-refractivity contribution in [3.63, 3.8) is 0 Å². The van der Waals surface area contributed by atoms with Crippen molar-refractivity contribution in [2.24, 2.45) is 0 Å². The number of nitrogens with one attached hydrogen (secondary N) is 2. The molecule has 0 radical (unpaired) electrons. The Kier molecular flexibility index (Phi) is 5.52. The minimum absolute atomic E-state index is 0.111. The van der Waals surface area contributed by atoms with Crippen molar-refractivity contribution < 1.29 is 9.21 Å². The lowest BCUT2D eigenvalue weighted by molar-refractivity contribution is -0.121. The number of nitrogens with zero attached hydrogens (tertiary/aromatic N) is 3. The molecule has 3 aromatic rings. The summed E-state index contributed by atoms with van der Waals surface area (Å²) in [4.78, 5) is 16.4. The third-order valence-electron chi connectivity index (χ3n) is 4.45. The molecule has 0 spiro atoms. The molecule has 2 aromatic heterocycles. The predicted octanol–water partition coefficient (Wildman–Crippen LogP) is 4.49. The number of aryl methyl sites for hydroxylation is 1. The Morgan fingerprint density at radius 2 is 2.21 bits per heavy atom. The molecule has 28 heavy (non-hydrogen) atoms. The third kappa shape index (κ3) is 4.29. The van der Waals surface area contributed by atoms with E-state index in [1.54, 1.807) is 24.4 Å². The van der Waals surface area contributed by atoms with Crippen LogP contribution in [0.4, 0.5) is 0 Å². The van der Waals surface area contributed by atoms with Crippen LogP contribution >= 0.6 is 35.4 Å². The molecule has 1 amide bonds. The average Bonchev–Trinajstić information content (AvgIpc) is 3.26. The van der Waals surface area contributed by atoms with Gasteiger partial charge in [-0.25, -0.2) is 4.98 Å². The molecular weight excluding hydrogens is 421 g/mol. The molecule has 7 nitrogen and oxygen atoms in total. The lowest BCUT2D eigenvalue weighted by Gasteiger charge is -2.06. The van der Waals surface area contributed by atoms with Crippen molar-refractivity contribution >= 4 is 41.3 Å². The van der Waals surface area contributed by atoms with Crippen LogP contribution in [-0.2, 0) is 17.8 Å². The van der Waals surface area contributed by atoms with Gasteiger partial charge >= 0.3 is 0 Å². The summed E-state index contributed by atoms with van der Waals surface area (Å²) in [5, 5.41) is 10.9. The molecule has 2 N–H and O–H groups in total. The second-order valence-corrected chi connectivity index (χ2v) is 7.80. The molecule has 146 valence electrons. The van der Waals surface area contributed by atoms with Gasteiger partial charge in [-0.3, -0.25) is 14.5 Å². The van der Waals surface area contributed by atoms with Crippen LogP contribution in [0.3, 0.4) is 0 Å². The van der Waals surface area contributed by atoms with Crippen LogP contribution in [0.2, 0.25) is 10.0 Å². The maximum Gasteiger partial charge on any atom is 0.220 e. The number of hydrogen-bond donors (Lipinski definition) is 2. The van der Waals surface area contributed by atoms with Gasteiger partial charge in [-0.2, -0.15) is 5.10 Å². The van der Waals surface area contributed by atoms with E-state index in [0.717, 1.165) is 18.7 Å². The largest absolute Gasteiger partial charge is 0.441 e. The summed E-state index contributed by atoms with van der Waals surface area (Å²) in [6, 6.07) is 5.55. The third-order valence-corrected chi connectivity index (χ3v) is 5.29. The Morgan fingerprint density at radius 1 is 1.39 bits per heavy atom. The topological polar surface area (TPSA) is 88.7 Å². The molecule has 0 saturated heterocycles. The van der Waals surface area contributed by atoms with E-state index in [4.69, 9.17) is 39.8 Å². The van der Waals surface area contributed by atoms with E-state index in [-0.39, 0.29) is 12.3 Å². The van der Waals surface area contributed by atoms with Crippen LogP contribution in [0.15, 0.2) is 28.8 Å². The van der Waals surface area contributed by atoms with Gasteiger partial charge in [-0.15, -0.1) is 0 Å². The second kappa shape index (κ2) is 8.06. The molecule has 4 rings (SSSR count). The molecule has 0 aliphatic heterocycles. The van der Waals surface area contributed by atoms with Crippen LogP contribution < -0.4 is 5.32 Å². The van der Waals surface area contributed by atoms with Crippen molar-refractivity contribution in [1.29, 1.82) is 0 Å². The normalized spacial score (nSPS) is 13.6. The fourth-order valence-electron chi connectivity index (χ4n) is 2.90. The minimum atomic E-state index is -0.111. The molecule has 1 saturated carbocycles. The Balaban J connectivity index is 1.32. The SMILES string of the molecule is O=C(CCc1ncc(-c2ccc(Cl)cc2Cl)o1)NCc1n[nH]c(=S)n1C1CC1. The Morgan fingerprint density at radius 3 is 2.96 bits per heavy atom. The zero-order chi connectivity index (χ0) is 19.7. The summed E-state index contributed by atoms with van der Waals surface area (Å²) in [5.41, 5.74) is 0.706. The molecule has 1 aliphatic rings. The van der Waals surface area contributed by atoms with E-state index in [1.807, 2.05) is 4.57 Å². The fraction of sp³-hybridized carbons (Fsp3) is 0.333. The number of rotatable bonds is 7. The number of hydrogen-bond acceptors (Lipinski definition) is 5. The maximum atomic E-state index is 12.2. The number of carbonyl (C=O) groups is 1. The molecule has 0 unspecified atom stereocenters. The Hall–Kier alpha value is -2.16. The number of amides is 1. The molecule has 2 heterocycles. The van der Waals surface area contributed by atoms with E-state index in [1.165, 1.54) is 0 Å². The summed E-state index contributed by atoms with van der Waals surface area (Å²) in [6.07, 6.45) is 4.42. The second-order valence-electron chi connectivity index (χ2n) is 6.57. The van der Waals surface area contributed by atoms with Gasteiger partial charge in [0.2, 0.25) is 5.91 Å². The zero-order valence-corrected chi connectivity index (χ0v) is 17.1. The first kappa shape index (κ1) is 19.2. The maximum absolute atomic E-state index is 12.2.